The van der Waals surface area contributed by atoms with Crippen LogP contribution in [0.5, 0.6) is 0 Å². The Morgan fingerprint density at radius 2 is 2.43 bits per heavy atom. The zero-order valence-corrected chi connectivity index (χ0v) is 4.16. The molecule has 0 atom stereocenters. The Morgan fingerprint density at radius 1 is 1.86 bits per heavy atom. The fourth-order valence-electron chi connectivity index (χ4n) is 0.186. The van der Waals surface area contributed by atoms with Crippen LogP contribution in [-0.4, -0.2) is 30.4 Å². The van der Waals surface area contributed by atoms with Crippen molar-refractivity contribution < 1.29 is 5.21 Å². The number of hydrogen-bond acceptors (Lipinski definition) is 4. The van der Waals surface area contributed by atoms with Crippen LogP contribution in [0.3, 0.4) is 0 Å². The molecule has 0 amide bonds. The molecule has 1 N–H and O–H groups in total. The van der Waals surface area contributed by atoms with E-state index in [1.807, 2.05) is 0 Å². The minimum atomic E-state index is 0.146. The van der Waals surface area contributed by atoms with Crippen molar-refractivity contribution in [2.45, 2.75) is 0 Å². The van der Waals surface area contributed by atoms with Crippen LogP contribution in [-0.2, 0) is 0 Å². The van der Waals surface area contributed by atoms with Gasteiger partial charge in [-0.05, 0) is 0 Å². The molecular formula is C3H8N2O2. The van der Waals surface area contributed by atoms with Gasteiger partial charge in [-0.3, -0.25) is 0 Å². The molecule has 0 saturated heterocycles. The Kier molecular flexibility index (Phi) is 3.45. The maximum Gasteiger partial charge on any atom is 0.0961 e. The number of hydroxylamine groups is 2. The normalized spacial score (nSPS) is 9.57. The van der Waals surface area contributed by atoms with Crippen molar-refractivity contribution in [1.29, 1.82) is 0 Å². The van der Waals surface area contributed by atoms with E-state index in [-0.39, 0.29) is 6.54 Å². The van der Waals surface area contributed by atoms with Gasteiger partial charge in [0.2, 0.25) is 0 Å². The van der Waals surface area contributed by atoms with Crippen molar-refractivity contribution in [3.63, 3.8) is 0 Å². The van der Waals surface area contributed by atoms with Crippen LogP contribution in [0.2, 0.25) is 0 Å². The third kappa shape index (κ3) is 5.52. The number of rotatable bonds is 3. The van der Waals surface area contributed by atoms with Crippen LogP contribution in [0.1, 0.15) is 0 Å². The molecule has 4 nitrogen and oxygen atoms in total. The Labute approximate surface area is 41.7 Å². The van der Waals surface area contributed by atoms with E-state index in [0.717, 1.165) is 5.06 Å². The Morgan fingerprint density at radius 3 is 2.57 bits per heavy atom. The summed E-state index contributed by atoms with van der Waals surface area (Å²) in [6.45, 7) is 0.455. The molecule has 0 rings (SSSR count). The van der Waals surface area contributed by atoms with Gasteiger partial charge in [-0.2, -0.15) is 9.97 Å². The topological polar surface area (TPSA) is 52.9 Å². The lowest BCUT2D eigenvalue weighted by Gasteiger charge is -2.00. The monoisotopic (exact) mass is 104 g/mol. The number of likely N-dealkylation sites (N-methyl/N-ethyl adjacent to an activating group) is 1. The van der Waals surface area contributed by atoms with Crippen molar-refractivity contribution in [2.75, 3.05) is 20.1 Å². The van der Waals surface area contributed by atoms with Crippen LogP contribution in [0, 0.1) is 4.91 Å². The third-order valence-corrected chi connectivity index (χ3v) is 0.515. The number of nitrogens with zero attached hydrogens (tertiary/aromatic N) is 2. The summed E-state index contributed by atoms with van der Waals surface area (Å²) < 4.78 is 0. The van der Waals surface area contributed by atoms with Gasteiger partial charge < -0.3 is 5.21 Å². The number of nitroso groups, excluding NO2 is 1. The van der Waals surface area contributed by atoms with Gasteiger partial charge in [-0.15, -0.1) is 0 Å². The van der Waals surface area contributed by atoms with Crippen molar-refractivity contribution in [3.8, 4) is 0 Å². The summed E-state index contributed by atoms with van der Waals surface area (Å²) in [5.41, 5.74) is 0. The first kappa shape index (κ1) is 6.52. The maximum absolute atomic E-state index is 9.32. The van der Waals surface area contributed by atoms with Crippen LogP contribution in [0.15, 0.2) is 5.18 Å². The highest BCUT2D eigenvalue weighted by Crippen LogP contribution is 1.71. The van der Waals surface area contributed by atoms with E-state index in [1.54, 1.807) is 0 Å². The molecule has 4 heteroatoms. The van der Waals surface area contributed by atoms with Gasteiger partial charge in [0.15, 0.2) is 0 Å². The van der Waals surface area contributed by atoms with E-state index in [9.17, 15) is 4.91 Å². The van der Waals surface area contributed by atoms with Gasteiger partial charge in [-0.25, -0.2) is 0 Å². The quantitative estimate of drug-likeness (QED) is 0.407. The van der Waals surface area contributed by atoms with Gasteiger partial charge in [-0.1, -0.05) is 5.18 Å². The molecule has 0 aromatic rings. The summed E-state index contributed by atoms with van der Waals surface area (Å²) >= 11 is 0. The predicted molar refractivity (Wildman–Crippen MR) is 25.1 cm³/mol. The molecule has 0 bridgehead atoms. The van der Waals surface area contributed by atoms with Gasteiger partial charge >= 0.3 is 0 Å². The molecular weight excluding hydrogens is 96.0 g/mol. The molecule has 0 saturated carbocycles. The molecule has 0 spiro atoms. The van der Waals surface area contributed by atoms with Crippen molar-refractivity contribution in [1.82, 2.24) is 5.06 Å². The summed E-state index contributed by atoms with van der Waals surface area (Å²) in [6, 6.07) is 0. The van der Waals surface area contributed by atoms with Crippen molar-refractivity contribution in [2.24, 2.45) is 5.18 Å². The average Bonchev–Trinajstić information content (AvgIpc) is 1.61. The molecule has 0 aliphatic rings. The number of hydrogen-bond donors (Lipinski definition) is 1. The molecule has 0 aliphatic carbocycles. The fraction of sp³-hybridized carbons (Fsp3) is 1.00. The first-order valence-corrected chi connectivity index (χ1v) is 1.96. The molecule has 0 aromatic carbocycles. The Balaban J connectivity index is 2.81. The standard InChI is InChI=1S/C3H8N2O2/c1-5(7)3-2-4-6/h7H,2-3H2,1H3. The molecule has 0 aromatic heterocycles. The highest BCUT2D eigenvalue weighted by Gasteiger charge is 1.86. The molecule has 0 unspecified atom stereocenters. The van der Waals surface area contributed by atoms with Crippen molar-refractivity contribution in [3.05, 3.63) is 4.91 Å². The highest BCUT2D eigenvalue weighted by molar-refractivity contribution is 4.40. The molecule has 0 radical (unpaired) electrons. The van der Waals surface area contributed by atoms with E-state index in [0.29, 0.717) is 6.54 Å². The van der Waals surface area contributed by atoms with Crippen LogP contribution in [0.25, 0.3) is 0 Å². The van der Waals surface area contributed by atoms with E-state index < -0.39 is 0 Å². The van der Waals surface area contributed by atoms with Gasteiger partial charge in [0.05, 0.1) is 6.54 Å². The SMILES string of the molecule is CN(O)CCN=O. The minimum absolute atomic E-state index is 0.146. The maximum atomic E-state index is 9.32. The van der Waals surface area contributed by atoms with Crippen LogP contribution in [0.4, 0.5) is 0 Å². The van der Waals surface area contributed by atoms with E-state index >= 15 is 0 Å². The minimum Gasteiger partial charge on any atom is -0.314 e. The summed E-state index contributed by atoms with van der Waals surface area (Å²) in [7, 11) is 1.46. The molecule has 0 heterocycles. The zero-order valence-electron chi connectivity index (χ0n) is 4.16. The summed E-state index contributed by atoms with van der Waals surface area (Å²) in [5.74, 6) is 0. The van der Waals surface area contributed by atoms with E-state index in [1.165, 1.54) is 7.05 Å². The second kappa shape index (κ2) is 3.70. The smallest absolute Gasteiger partial charge is 0.0961 e. The van der Waals surface area contributed by atoms with Gasteiger partial charge in [0.25, 0.3) is 0 Å². The second-order valence-electron chi connectivity index (χ2n) is 1.23. The molecule has 7 heavy (non-hydrogen) atoms. The average molecular weight is 104 g/mol. The molecule has 0 fully saturated rings. The van der Waals surface area contributed by atoms with Gasteiger partial charge in [0.1, 0.15) is 0 Å². The van der Waals surface area contributed by atoms with E-state index in [2.05, 4.69) is 5.18 Å². The lowest BCUT2D eigenvalue weighted by molar-refractivity contribution is -0.0614. The Bertz CT molecular complexity index is 54.9. The first-order chi connectivity index (χ1) is 3.27. The Hall–Kier alpha value is -0.480. The van der Waals surface area contributed by atoms with Gasteiger partial charge in [0, 0.05) is 13.6 Å². The lowest BCUT2D eigenvalue weighted by atomic mass is 10.7. The van der Waals surface area contributed by atoms with Crippen LogP contribution < -0.4 is 0 Å². The summed E-state index contributed by atoms with van der Waals surface area (Å²) in [5, 5.41) is 11.8. The molecule has 0 aliphatic heterocycles. The zero-order chi connectivity index (χ0) is 5.70. The predicted octanol–water partition coefficient (Wildman–Crippen LogP) is 0.0738. The summed E-state index contributed by atoms with van der Waals surface area (Å²) in [6.07, 6.45) is 0. The molecule has 42 valence electrons. The summed E-state index contributed by atoms with van der Waals surface area (Å²) in [4.78, 5) is 9.32. The van der Waals surface area contributed by atoms with Crippen LogP contribution >= 0.6 is 0 Å². The van der Waals surface area contributed by atoms with Crippen molar-refractivity contribution >= 4 is 0 Å². The lowest BCUT2D eigenvalue weighted by Crippen LogP contribution is -2.15. The third-order valence-electron chi connectivity index (χ3n) is 0.515. The highest BCUT2D eigenvalue weighted by atomic mass is 16.5. The first-order valence-electron chi connectivity index (χ1n) is 1.96. The largest absolute Gasteiger partial charge is 0.314 e. The fourth-order valence-corrected chi connectivity index (χ4v) is 0.186. The van der Waals surface area contributed by atoms with E-state index in [4.69, 9.17) is 5.21 Å². The second-order valence-corrected chi connectivity index (χ2v) is 1.23.